The van der Waals surface area contributed by atoms with Crippen molar-refractivity contribution in [1.29, 1.82) is 0 Å². The van der Waals surface area contributed by atoms with Crippen LogP contribution >= 0.6 is 0 Å². The fourth-order valence-corrected chi connectivity index (χ4v) is 3.17. The highest BCUT2D eigenvalue weighted by atomic mass is 16.5. The number of aryl methyl sites for hydroxylation is 1. The number of ether oxygens (including phenoxy) is 1. The lowest BCUT2D eigenvalue weighted by Gasteiger charge is -2.22. The molecule has 1 aromatic heterocycles. The Morgan fingerprint density at radius 2 is 2.23 bits per heavy atom. The van der Waals surface area contributed by atoms with Crippen LogP contribution in [0.1, 0.15) is 17.5 Å². The van der Waals surface area contributed by atoms with Gasteiger partial charge in [0.25, 0.3) is 0 Å². The number of benzene rings is 1. The first-order valence-corrected chi connectivity index (χ1v) is 8.07. The first-order chi connectivity index (χ1) is 10.7. The molecular weight excluding hydrogens is 274 g/mol. The lowest BCUT2D eigenvalue weighted by atomic mass is 9.96. The minimum Gasteiger partial charge on any atom is -0.493 e. The predicted octanol–water partition coefficient (Wildman–Crippen LogP) is 2.54. The zero-order valence-corrected chi connectivity index (χ0v) is 13.5. The van der Waals surface area contributed by atoms with Crippen LogP contribution in [-0.4, -0.2) is 41.4 Å². The van der Waals surface area contributed by atoms with Gasteiger partial charge in [-0.3, -0.25) is 4.68 Å². The molecule has 0 spiro atoms. The molecule has 0 amide bonds. The minimum atomic E-state index is 0.669. The second-order valence-corrected chi connectivity index (χ2v) is 6.35. The van der Waals surface area contributed by atoms with Crippen LogP contribution in [0.2, 0.25) is 0 Å². The Morgan fingerprint density at radius 3 is 3.05 bits per heavy atom. The average Bonchev–Trinajstić information content (AvgIpc) is 2.81. The summed E-state index contributed by atoms with van der Waals surface area (Å²) in [6.07, 6.45) is 7.37. The first-order valence-electron chi connectivity index (χ1n) is 8.07. The summed E-state index contributed by atoms with van der Waals surface area (Å²) in [5.74, 6) is 1.74. The predicted molar refractivity (Wildman–Crippen MR) is 88.2 cm³/mol. The summed E-state index contributed by atoms with van der Waals surface area (Å²) in [4.78, 5) is 2.44. The van der Waals surface area contributed by atoms with E-state index in [9.17, 15) is 0 Å². The highest BCUT2D eigenvalue weighted by Gasteiger charge is 2.18. The van der Waals surface area contributed by atoms with Crippen LogP contribution in [0.25, 0.3) is 0 Å². The highest BCUT2D eigenvalue weighted by Crippen LogP contribution is 2.26. The SMILES string of the molecule is CN(CCc1cnn(C)c1)CC1CCOc2ccccc2C1. The Morgan fingerprint density at radius 1 is 1.36 bits per heavy atom. The summed E-state index contributed by atoms with van der Waals surface area (Å²) in [6.45, 7) is 3.03. The molecule has 0 saturated carbocycles. The largest absolute Gasteiger partial charge is 0.493 e. The smallest absolute Gasteiger partial charge is 0.122 e. The monoisotopic (exact) mass is 299 g/mol. The van der Waals surface area contributed by atoms with E-state index in [4.69, 9.17) is 4.74 Å². The number of aromatic nitrogens is 2. The van der Waals surface area contributed by atoms with Gasteiger partial charge in [0.2, 0.25) is 0 Å². The summed E-state index contributed by atoms with van der Waals surface area (Å²) in [5, 5.41) is 4.23. The molecule has 1 atom stereocenters. The van der Waals surface area contributed by atoms with Crippen molar-refractivity contribution < 1.29 is 4.74 Å². The normalized spacial score (nSPS) is 17.9. The number of rotatable bonds is 5. The maximum Gasteiger partial charge on any atom is 0.122 e. The average molecular weight is 299 g/mol. The molecule has 4 heteroatoms. The lowest BCUT2D eigenvalue weighted by molar-refractivity contribution is 0.241. The molecule has 1 aromatic carbocycles. The van der Waals surface area contributed by atoms with Gasteiger partial charge in [-0.05, 0) is 49.4 Å². The molecular formula is C18H25N3O. The van der Waals surface area contributed by atoms with Crippen LogP contribution in [0.5, 0.6) is 5.75 Å². The van der Waals surface area contributed by atoms with Crippen molar-refractivity contribution in [2.75, 3.05) is 26.7 Å². The van der Waals surface area contributed by atoms with Gasteiger partial charge in [0.05, 0.1) is 12.8 Å². The van der Waals surface area contributed by atoms with E-state index in [2.05, 4.69) is 47.5 Å². The van der Waals surface area contributed by atoms with Crippen molar-refractivity contribution in [3.63, 3.8) is 0 Å². The maximum atomic E-state index is 5.86. The Labute approximate surface area is 132 Å². The lowest BCUT2D eigenvalue weighted by Crippen LogP contribution is -2.29. The standard InChI is InChI=1S/C18H25N3O/c1-20(9-7-16-12-19-21(2)14-16)13-15-8-10-22-18-6-4-3-5-17(18)11-15/h3-6,12,14-15H,7-11,13H2,1-2H3. The summed E-state index contributed by atoms with van der Waals surface area (Å²) >= 11 is 0. The van der Waals surface area contributed by atoms with Gasteiger partial charge in [0.1, 0.15) is 5.75 Å². The fourth-order valence-electron chi connectivity index (χ4n) is 3.17. The molecule has 1 aliphatic heterocycles. The maximum absolute atomic E-state index is 5.86. The van der Waals surface area contributed by atoms with Gasteiger partial charge in [-0.1, -0.05) is 18.2 Å². The number of hydrogen-bond donors (Lipinski definition) is 0. The van der Waals surface area contributed by atoms with E-state index >= 15 is 0 Å². The Bertz CT molecular complexity index is 608. The van der Waals surface area contributed by atoms with Gasteiger partial charge in [0, 0.05) is 26.3 Å². The van der Waals surface area contributed by atoms with Crippen molar-refractivity contribution in [1.82, 2.24) is 14.7 Å². The molecule has 3 rings (SSSR count). The third-order valence-electron chi connectivity index (χ3n) is 4.38. The molecule has 118 valence electrons. The second-order valence-electron chi connectivity index (χ2n) is 6.35. The van der Waals surface area contributed by atoms with Crippen molar-refractivity contribution in [2.45, 2.75) is 19.3 Å². The zero-order chi connectivity index (χ0) is 15.4. The van der Waals surface area contributed by atoms with Gasteiger partial charge in [0.15, 0.2) is 0 Å². The van der Waals surface area contributed by atoms with Crippen molar-refractivity contribution in [3.05, 3.63) is 47.8 Å². The molecule has 0 aliphatic carbocycles. The van der Waals surface area contributed by atoms with E-state index in [-0.39, 0.29) is 0 Å². The number of hydrogen-bond acceptors (Lipinski definition) is 3. The Balaban J connectivity index is 1.52. The van der Waals surface area contributed by atoms with Gasteiger partial charge in [-0.25, -0.2) is 0 Å². The third kappa shape index (κ3) is 3.89. The van der Waals surface area contributed by atoms with Gasteiger partial charge < -0.3 is 9.64 Å². The Hall–Kier alpha value is -1.81. The van der Waals surface area contributed by atoms with E-state index in [1.165, 1.54) is 11.1 Å². The van der Waals surface area contributed by atoms with E-state index in [1.807, 2.05) is 17.9 Å². The van der Waals surface area contributed by atoms with E-state index < -0.39 is 0 Å². The molecule has 0 bridgehead atoms. The highest BCUT2D eigenvalue weighted by molar-refractivity contribution is 5.34. The molecule has 0 saturated heterocycles. The Kier molecular flexibility index (Phi) is 4.78. The molecule has 22 heavy (non-hydrogen) atoms. The molecule has 0 N–H and O–H groups in total. The number of likely N-dealkylation sites (N-methyl/N-ethyl adjacent to an activating group) is 1. The quantitative estimate of drug-likeness (QED) is 0.850. The molecule has 2 aromatic rings. The van der Waals surface area contributed by atoms with Crippen LogP contribution in [0.3, 0.4) is 0 Å². The van der Waals surface area contributed by atoms with Crippen LogP contribution in [0.15, 0.2) is 36.7 Å². The number of para-hydroxylation sites is 1. The number of fused-ring (bicyclic) bond motifs is 1. The molecule has 0 radical (unpaired) electrons. The van der Waals surface area contributed by atoms with Crippen LogP contribution in [0.4, 0.5) is 0 Å². The summed E-state index contributed by atoms with van der Waals surface area (Å²) < 4.78 is 7.73. The minimum absolute atomic E-state index is 0.669. The van der Waals surface area contributed by atoms with Gasteiger partial charge in [-0.15, -0.1) is 0 Å². The van der Waals surface area contributed by atoms with Crippen LogP contribution in [-0.2, 0) is 19.9 Å². The topological polar surface area (TPSA) is 30.3 Å². The van der Waals surface area contributed by atoms with Crippen LogP contribution < -0.4 is 4.74 Å². The number of nitrogens with zero attached hydrogens (tertiary/aromatic N) is 3. The molecule has 0 fully saturated rings. The zero-order valence-electron chi connectivity index (χ0n) is 13.5. The molecule has 1 unspecified atom stereocenters. The summed E-state index contributed by atoms with van der Waals surface area (Å²) in [6, 6.07) is 8.45. The first kappa shape index (κ1) is 15.1. The summed E-state index contributed by atoms with van der Waals surface area (Å²) in [5.41, 5.74) is 2.66. The molecule has 1 aliphatic rings. The fraction of sp³-hybridized carbons (Fsp3) is 0.500. The van der Waals surface area contributed by atoms with E-state index in [0.29, 0.717) is 5.92 Å². The molecule has 2 heterocycles. The third-order valence-corrected chi connectivity index (χ3v) is 4.38. The van der Waals surface area contributed by atoms with Crippen molar-refractivity contribution in [2.24, 2.45) is 13.0 Å². The van der Waals surface area contributed by atoms with E-state index in [1.54, 1.807) is 0 Å². The van der Waals surface area contributed by atoms with E-state index in [0.717, 1.165) is 44.7 Å². The van der Waals surface area contributed by atoms with Gasteiger partial charge >= 0.3 is 0 Å². The van der Waals surface area contributed by atoms with Crippen molar-refractivity contribution in [3.8, 4) is 5.75 Å². The van der Waals surface area contributed by atoms with Gasteiger partial charge in [-0.2, -0.15) is 5.10 Å². The van der Waals surface area contributed by atoms with Crippen LogP contribution in [0, 0.1) is 5.92 Å². The van der Waals surface area contributed by atoms with Crippen molar-refractivity contribution >= 4 is 0 Å². The second kappa shape index (κ2) is 6.97. The summed E-state index contributed by atoms with van der Waals surface area (Å²) in [7, 11) is 4.18. The molecule has 4 nitrogen and oxygen atoms in total.